The van der Waals surface area contributed by atoms with Gasteiger partial charge in [0.1, 0.15) is 0 Å². The number of nitrogens with one attached hydrogen (secondary N) is 1. The van der Waals surface area contributed by atoms with Crippen LogP contribution in [0.25, 0.3) is 44.1 Å². The average molecular weight is 345 g/mol. The number of benzene rings is 3. The molecule has 2 aromatic heterocycles. The van der Waals surface area contributed by atoms with Crippen LogP contribution < -0.4 is 5.32 Å². The van der Waals surface area contributed by atoms with E-state index in [4.69, 9.17) is 9.97 Å². The molecule has 0 amide bonds. The number of para-hydroxylation sites is 1. The Bertz CT molecular complexity index is 1340. The first-order valence-corrected chi connectivity index (χ1v) is 9.02. The Balaban J connectivity index is 1.76. The predicted molar refractivity (Wildman–Crippen MR) is 111 cm³/mol. The lowest BCUT2D eigenvalue weighted by Crippen LogP contribution is -2.02. The summed E-state index contributed by atoms with van der Waals surface area (Å²) in [5.74, 6) is 0. The van der Waals surface area contributed by atoms with Gasteiger partial charge in [0.2, 0.25) is 0 Å². The third kappa shape index (κ3) is 2.02. The maximum atomic E-state index is 4.72. The lowest BCUT2D eigenvalue weighted by Gasteiger charge is -2.23. The molecule has 0 radical (unpaired) electrons. The minimum atomic E-state index is 0.943. The van der Waals surface area contributed by atoms with Crippen LogP contribution in [0.3, 0.4) is 0 Å². The van der Waals surface area contributed by atoms with E-state index in [9.17, 15) is 0 Å². The summed E-state index contributed by atoms with van der Waals surface area (Å²) >= 11 is 0. The molecule has 3 heterocycles. The Hall–Kier alpha value is -3.72. The molecule has 27 heavy (non-hydrogen) atoms. The second kappa shape index (κ2) is 5.39. The zero-order valence-electron chi connectivity index (χ0n) is 14.5. The van der Waals surface area contributed by atoms with E-state index in [-0.39, 0.29) is 0 Å². The fourth-order valence-corrected chi connectivity index (χ4v) is 4.10. The normalized spacial score (nSPS) is 12.0. The molecular weight excluding hydrogens is 330 g/mol. The molecule has 1 aliphatic heterocycles. The van der Waals surface area contributed by atoms with Crippen molar-refractivity contribution in [1.82, 2.24) is 9.97 Å². The highest BCUT2D eigenvalue weighted by Gasteiger charge is 2.21. The van der Waals surface area contributed by atoms with E-state index < -0.39 is 0 Å². The molecule has 3 heteroatoms. The van der Waals surface area contributed by atoms with E-state index in [0.29, 0.717) is 0 Å². The van der Waals surface area contributed by atoms with Gasteiger partial charge in [0.25, 0.3) is 0 Å². The van der Waals surface area contributed by atoms with Crippen LogP contribution in [0, 0.1) is 0 Å². The van der Waals surface area contributed by atoms with Crippen LogP contribution in [0.5, 0.6) is 0 Å². The van der Waals surface area contributed by atoms with Crippen molar-refractivity contribution in [2.75, 3.05) is 5.32 Å². The Morgan fingerprint density at radius 1 is 0.593 bits per heavy atom. The molecule has 0 atom stereocenters. The Morgan fingerprint density at radius 3 is 2.22 bits per heavy atom. The summed E-state index contributed by atoms with van der Waals surface area (Å²) in [5, 5.41) is 5.86. The lowest BCUT2D eigenvalue weighted by atomic mass is 9.92. The van der Waals surface area contributed by atoms with Crippen LogP contribution >= 0.6 is 0 Å². The molecule has 1 N–H and O–H groups in total. The molecule has 0 spiro atoms. The number of pyridine rings is 2. The SMILES string of the molecule is c1ccc(-c2ccnc3c2cc2c4c(ccnc43)-c3ccccc3N2)cc1. The molecule has 0 unspecified atom stereocenters. The molecular formula is C24H15N3. The highest BCUT2D eigenvalue weighted by atomic mass is 14.9. The highest BCUT2D eigenvalue weighted by Crippen LogP contribution is 2.45. The number of nitrogens with zero attached hydrogens (tertiary/aromatic N) is 2. The summed E-state index contributed by atoms with van der Waals surface area (Å²) in [6.07, 6.45) is 3.77. The number of fused-ring (bicyclic) bond motifs is 4. The number of rotatable bonds is 1. The monoisotopic (exact) mass is 345 g/mol. The van der Waals surface area contributed by atoms with Crippen LogP contribution in [0.15, 0.2) is 85.2 Å². The number of hydrogen-bond acceptors (Lipinski definition) is 3. The first-order chi connectivity index (χ1) is 13.4. The number of hydrogen-bond donors (Lipinski definition) is 1. The Kier molecular flexibility index (Phi) is 2.88. The standard InChI is InChI=1S/C24H15N3/c1-2-6-15(7-3-1)16-10-12-25-23-19(16)14-21-22-18(11-13-26-24(22)23)17-8-4-5-9-20(17)27-21/h1-14,27H. The maximum Gasteiger partial charge on any atom is 0.0991 e. The van der Waals surface area contributed by atoms with Gasteiger partial charge in [0.05, 0.1) is 11.0 Å². The Labute approximate surface area is 156 Å². The third-order valence-corrected chi connectivity index (χ3v) is 5.29. The van der Waals surface area contributed by atoms with Crippen LogP contribution in [-0.2, 0) is 0 Å². The maximum absolute atomic E-state index is 4.72. The van der Waals surface area contributed by atoms with Crippen LogP contribution in [0.4, 0.5) is 11.4 Å². The van der Waals surface area contributed by atoms with E-state index in [2.05, 4.69) is 72.0 Å². The van der Waals surface area contributed by atoms with Crippen molar-refractivity contribution in [2.24, 2.45) is 0 Å². The first-order valence-electron chi connectivity index (χ1n) is 9.02. The van der Waals surface area contributed by atoms with Crippen molar-refractivity contribution in [3.63, 3.8) is 0 Å². The van der Waals surface area contributed by atoms with Gasteiger partial charge in [0.15, 0.2) is 0 Å². The fourth-order valence-electron chi connectivity index (χ4n) is 4.10. The van der Waals surface area contributed by atoms with Crippen LogP contribution in [0.1, 0.15) is 0 Å². The average Bonchev–Trinajstić information content (AvgIpc) is 2.74. The van der Waals surface area contributed by atoms with Gasteiger partial charge in [-0.2, -0.15) is 0 Å². The Morgan fingerprint density at radius 2 is 1.33 bits per heavy atom. The van der Waals surface area contributed by atoms with Crippen molar-refractivity contribution >= 4 is 33.2 Å². The minimum absolute atomic E-state index is 0.943. The summed E-state index contributed by atoms with van der Waals surface area (Å²) in [7, 11) is 0. The molecule has 126 valence electrons. The summed E-state index contributed by atoms with van der Waals surface area (Å²) < 4.78 is 0. The van der Waals surface area contributed by atoms with Crippen molar-refractivity contribution in [3.05, 3.63) is 85.2 Å². The third-order valence-electron chi connectivity index (χ3n) is 5.29. The molecule has 0 bridgehead atoms. The van der Waals surface area contributed by atoms with Crippen molar-refractivity contribution < 1.29 is 0 Å². The largest absolute Gasteiger partial charge is 0.354 e. The van der Waals surface area contributed by atoms with Crippen molar-refractivity contribution in [1.29, 1.82) is 0 Å². The van der Waals surface area contributed by atoms with Gasteiger partial charge < -0.3 is 5.32 Å². The minimum Gasteiger partial charge on any atom is -0.354 e. The topological polar surface area (TPSA) is 37.8 Å². The zero-order valence-corrected chi connectivity index (χ0v) is 14.5. The van der Waals surface area contributed by atoms with Gasteiger partial charge >= 0.3 is 0 Å². The molecule has 0 aliphatic carbocycles. The van der Waals surface area contributed by atoms with Crippen LogP contribution in [-0.4, -0.2) is 9.97 Å². The fraction of sp³-hybridized carbons (Fsp3) is 0. The molecule has 1 aliphatic rings. The molecule has 0 fully saturated rings. The lowest BCUT2D eigenvalue weighted by molar-refractivity contribution is 1.37. The second-order valence-corrected chi connectivity index (χ2v) is 6.80. The van der Waals surface area contributed by atoms with Gasteiger partial charge in [0, 0.05) is 40.1 Å². The molecule has 5 aromatic rings. The van der Waals surface area contributed by atoms with E-state index in [1.54, 1.807) is 0 Å². The number of aromatic nitrogens is 2. The van der Waals surface area contributed by atoms with E-state index in [1.165, 1.54) is 22.3 Å². The van der Waals surface area contributed by atoms with Gasteiger partial charge in [-0.05, 0) is 41.0 Å². The molecule has 3 aromatic carbocycles. The zero-order chi connectivity index (χ0) is 17.8. The molecule has 3 nitrogen and oxygen atoms in total. The van der Waals surface area contributed by atoms with Crippen LogP contribution in [0.2, 0.25) is 0 Å². The van der Waals surface area contributed by atoms with E-state index >= 15 is 0 Å². The summed E-state index contributed by atoms with van der Waals surface area (Å²) in [6, 6.07) is 25.2. The van der Waals surface area contributed by atoms with Gasteiger partial charge in [-0.1, -0.05) is 48.5 Å². The predicted octanol–water partition coefficient (Wildman–Crippen LogP) is 6.17. The van der Waals surface area contributed by atoms with Gasteiger partial charge in [-0.25, -0.2) is 0 Å². The van der Waals surface area contributed by atoms with E-state index in [1.807, 2.05) is 18.5 Å². The molecule has 0 saturated heterocycles. The smallest absolute Gasteiger partial charge is 0.0991 e. The second-order valence-electron chi connectivity index (χ2n) is 6.80. The number of anilines is 2. The summed E-state index contributed by atoms with van der Waals surface area (Å²) in [4.78, 5) is 9.42. The summed E-state index contributed by atoms with van der Waals surface area (Å²) in [5.41, 5.74) is 8.87. The first kappa shape index (κ1) is 14.4. The summed E-state index contributed by atoms with van der Waals surface area (Å²) in [6.45, 7) is 0. The van der Waals surface area contributed by atoms with Gasteiger partial charge in [-0.15, -0.1) is 0 Å². The molecule has 6 rings (SSSR count). The van der Waals surface area contributed by atoms with E-state index in [0.717, 1.165) is 33.2 Å². The van der Waals surface area contributed by atoms with Crippen molar-refractivity contribution in [3.8, 4) is 22.3 Å². The quantitative estimate of drug-likeness (QED) is 0.362. The molecule has 0 saturated carbocycles. The van der Waals surface area contributed by atoms with Crippen molar-refractivity contribution in [2.45, 2.75) is 0 Å². The highest BCUT2D eigenvalue weighted by molar-refractivity contribution is 6.20. The van der Waals surface area contributed by atoms with Gasteiger partial charge in [-0.3, -0.25) is 9.97 Å².